The van der Waals surface area contributed by atoms with Crippen molar-refractivity contribution in [3.63, 3.8) is 0 Å². The van der Waals surface area contributed by atoms with Crippen molar-refractivity contribution in [1.29, 1.82) is 0 Å². The van der Waals surface area contributed by atoms with Gasteiger partial charge in [0.15, 0.2) is 11.5 Å². The smallest absolute Gasteiger partial charge is 0.343 e. The van der Waals surface area contributed by atoms with Crippen LogP contribution in [-0.2, 0) is 0 Å². The van der Waals surface area contributed by atoms with E-state index >= 15 is 0 Å². The minimum Gasteiger partial charge on any atom is -0.494 e. The third-order valence-electron chi connectivity index (χ3n) is 4.26. The highest BCUT2D eigenvalue weighted by molar-refractivity contribution is 6.30. The quantitative estimate of drug-likeness (QED) is 0.231. The molecule has 1 amide bonds. The van der Waals surface area contributed by atoms with Gasteiger partial charge >= 0.3 is 5.97 Å². The molecule has 0 aliphatic carbocycles. The van der Waals surface area contributed by atoms with Gasteiger partial charge in [-0.15, -0.1) is 0 Å². The second kappa shape index (κ2) is 11.0. The highest BCUT2D eigenvalue weighted by Crippen LogP contribution is 2.28. The van der Waals surface area contributed by atoms with E-state index in [0.29, 0.717) is 39.8 Å². The van der Waals surface area contributed by atoms with Gasteiger partial charge in [0, 0.05) is 10.6 Å². The molecule has 32 heavy (non-hydrogen) atoms. The van der Waals surface area contributed by atoms with E-state index in [4.69, 9.17) is 25.8 Å². The van der Waals surface area contributed by atoms with Gasteiger partial charge in [-0.25, -0.2) is 10.2 Å². The van der Waals surface area contributed by atoms with Crippen molar-refractivity contribution in [3.8, 4) is 17.2 Å². The number of hydrogen-bond acceptors (Lipinski definition) is 6. The first-order chi connectivity index (χ1) is 15.5. The molecule has 0 fully saturated rings. The van der Waals surface area contributed by atoms with Crippen molar-refractivity contribution < 1.29 is 23.8 Å². The van der Waals surface area contributed by atoms with Gasteiger partial charge in [-0.1, -0.05) is 17.7 Å². The molecule has 3 aromatic carbocycles. The molecule has 0 aromatic heterocycles. The zero-order valence-corrected chi connectivity index (χ0v) is 18.3. The predicted octanol–water partition coefficient (Wildman–Crippen LogP) is 4.73. The molecule has 8 heteroatoms. The Labute approximate surface area is 190 Å². The second-order valence-electron chi connectivity index (χ2n) is 6.47. The Hall–Kier alpha value is -3.84. The number of benzene rings is 3. The summed E-state index contributed by atoms with van der Waals surface area (Å²) >= 11 is 5.89. The fourth-order valence-corrected chi connectivity index (χ4v) is 2.91. The maximum absolute atomic E-state index is 12.4. The molecule has 0 aliphatic rings. The zero-order valence-electron chi connectivity index (χ0n) is 17.5. The van der Waals surface area contributed by atoms with Gasteiger partial charge in [0.1, 0.15) is 5.75 Å². The van der Waals surface area contributed by atoms with Crippen molar-refractivity contribution in [2.45, 2.75) is 6.92 Å². The summed E-state index contributed by atoms with van der Waals surface area (Å²) in [5, 5.41) is 4.40. The lowest BCUT2D eigenvalue weighted by molar-refractivity contribution is 0.0729. The summed E-state index contributed by atoms with van der Waals surface area (Å²) in [4.78, 5) is 24.5. The molecule has 7 nitrogen and oxygen atoms in total. The van der Waals surface area contributed by atoms with E-state index in [1.807, 2.05) is 6.92 Å². The Morgan fingerprint density at radius 3 is 2.47 bits per heavy atom. The summed E-state index contributed by atoms with van der Waals surface area (Å²) in [5.74, 6) is 0.354. The number of hydrogen-bond donors (Lipinski definition) is 1. The molecule has 164 valence electrons. The fourth-order valence-electron chi connectivity index (χ4n) is 2.72. The summed E-state index contributed by atoms with van der Waals surface area (Å²) < 4.78 is 16.1. The fraction of sp³-hybridized carbons (Fsp3) is 0.125. The normalized spacial score (nSPS) is 10.6. The summed E-state index contributed by atoms with van der Waals surface area (Å²) in [6.07, 6.45) is 1.45. The molecule has 3 aromatic rings. The number of nitrogens with zero attached hydrogens (tertiary/aromatic N) is 1. The van der Waals surface area contributed by atoms with Crippen LogP contribution in [0, 0.1) is 0 Å². The third-order valence-corrected chi connectivity index (χ3v) is 4.49. The van der Waals surface area contributed by atoms with Crippen LogP contribution in [-0.4, -0.2) is 31.8 Å². The van der Waals surface area contributed by atoms with E-state index in [0.717, 1.165) is 0 Å². The van der Waals surface area contributed by atoms with Crippen LogP contribution in [0.4, 0.5) is 0 Å². The maximum Gasteiger partial charge on any atom is 0.343 e. The van der Waals surface area contributed by atoms with Gasteiger partial charge in [-0.05, 0) is 73.2 Å². The number of hydrazone groups is 1. The SMILES string of the molecule is CCOc1ccc(C(=O)Oc2ccc(/C=N/NC(=O)c3cccc(Cl)c3)cc2OC)cc1. The molecule has 1 N–H and O–H groups in total. The number of carbonyl (C=O) groups is 2. The van der Waals surface area contributed by atoms with E-state index in [2.05, 4.69) is 10.5 Å². The zero-order chi connectivity index (χ0) is 22.9. The number of methoxy groups -OCH3 is 1. The van der Waals surface area contributed by atoms with Gasteiger partial charge < -0.3 is 14.2 Å². The first-order valence-electron chi connectivity index (χ1n) is 9.72. The second-order valence-corrected chi connectivity index (χ2v) is 6.90. The number of nitrogens with one attached hydrogen (secondary N) is 1. The van der Waals surface area contributed by atoms with Crippen LogP contribution in [0.3, 0.4) is 0 Å². The van der Waals surface area contributed by atoms with Crippen LogP contribution in [0.2, 0.25) is 5.02 Å². The Bertz CT molecular complexity index is 1130. The molecule has 0 atom stereocenters. The number of ether oxygens (including phenoxy) is 3. The van der Waals surface area contributed by atoms with Gasteiger partial charge in [0.25, 0.3) is 5.91 Å². The first-order valence-corrected chi connectivity index (χ1v) is 10.1. The number of carbonyl (C=O) groups excluding carboxylic acids is 2. The van der Waals surface area contributed by atoms with Crippen molar-refractivity contribution in [3.05, 3.63) is 88.4 Å². The van der Waals surface area contributed by atoms with Gasteiger partial charge in [-0.2, -0.15) is 5.10 Å². The van der Waals surface area contributed by atoms with Crippen molar-refractivity contribution in [2.24, 2.45) is 5.10 Å². The molecule has 3 rings (SSSR count). The van der Waals surface area contributed by atoms with Gasteiger partial charge in [0.2, 0.25) is 0 Å². The summed E-state index contributed by atoms with van der Waals surface area (Å²) in [5.41, 5.74) is 3.83. The summed E-state index contributed by atoms with van der Waals surface area (Å²) in [6.45, 7) is 2.43. The predicted molar refractivity (Wildman–Crippen MR) is 122 cm³/mol. The molecular weight excluding hydrogens is 432 g/mol. The van der Waals surface area contributed by atoms with Crippen LogP contribution in [0.5, 0.6) is 17.2 Å². The standard InChI is InChI=1S/C24H21ClN2O5/c1-3-31-20-10-8-17(9-11-20)24(29)32-21-12-7-16(13-22(21)30-2)15-26-27-23(28)18-5-4-6-19(25)14-18/h4-15H,3H2,1-2H3,(H,27,28)/b26-15+. The lowest BCUT2D eigenvalue weighted by atomic mass is 10.2. The van der Waals surface area contributed by atoms with E-state index in [9.17, 15) is 9.59 Å². The van der Waals surface area contributed by atoms with E-state index in [1.54, 1.807) is 66.7 Å². The van der Waals surface area contributed by atoms with E-state index in [1.165, 1.54) is 13.3 Å². The van der Waals surface area contributed by atoms with E-state index in [-0.39, 0.29) is 5.75 Å². The molecule has 0 unspecified atom stereocenters. The number of amides is 1. The van der Waals surface area contributed by atoms with Crippen LogP contribution in [0.1, 0.15) is 33.2 Å². The Kier molecular flexibility index (Phi) is 7.83. The minimum atomic E-state index is -0.526. The highest BCUT2D eigenvalue weighted by Gasteiger charge is 2.13. The van der Waals surface area contributed by atoms with Gasteiger partial charge in [-0.3, -0.25) is 4.79 Å². The van der Waals surface area contributed by atoms with Crippen LogP contribution >= 0.6 is 11.6 Å². The van der Waals surface area contributed by atoms with Crippen LogP contribution in [0.15, 0.2) is 71.8 Å². The number of rotatable bonds is 8. The molecule has 0 heterocycles. The molecular formula is C24H21ClN2O5. The topological polar surface area (TPSA) is 86.2 Å². The van der Waals surface area contributed by atoms with Gasteiger partial charge in [0.05, 0.1) is 25.5 Å². The molecule has 0 saturated heterocycles. The Morgan fingerprint density at radius 1 is 1.00 bits per heavy atom. The highest BCUT2D eigenvalue weighted by atomic mass is 35.5. The minimum absolute atomic E-state index is 0.256. The van der Waals surface area contributed by atoms with Crippen molar-refractivity contribution >= 4 is 29.7 Å². The average molecular weight is 453 g/mol. The number of esters is 1. The molecule has 0 saturated carbocycles. The third kappa shape index (κ3) is 6.09. The van der Waals surface area contributed by atoms with Crippen LogP contribution < -0.4 is 19.6 Å². The van der Waals surface area contributed by atoms with Crippen molar-refractivity contribution in [2.75, 3.05) is 13.7 Å². The van der Waals surface area contributed by atoms with Crippen LogP contribution in [0.25, 0.3) is 0 Å². The number of halogens is 1. The average Bonchev–Trinajstić information content (AvgIpc) is 2.80. The Balaban J connectivity index is 1.65. The lowest BCUT2D eigenvalue weighted by Gasteiger charge is -2.10. The molecule has 0 aliphatic heterocycles. The lowest BCUT2D eigenvalue weighted by Crippen LogP contribution is -2.17. The molecule has 0 spiro atoms. The first kappa shape index (κ1) is 22.8. The summed E-state index contributed by atoms with van der Waals surface area (Å²) in [7, 11) is 1.46. The van der Waals surface area contributed by atoms with E-state index < -0.39 is 11.9 Å². The molecule has 0 bridgehead atoms. The largest absolute Gasteiger partial charge is 0.494 e. The summed E-state index contributed by atoms with van der Waals surface area (Å²) in [6, 6.07) is 18.1. The monoisotopic (exact) mass is 452 g/mol. The maximum atomic E-state index is 12.4. The van der Waals surface area contributed by atoms with Crippen molar-refractivity contribution in [1.82, 2.24) is 5.43 Å². The Morgan fingerprint density at radius 2 is 1.78 bits per heavy atom. The molecule has 0 radical (unpaired) electrons.